The van der Waals surface area contributed by atoms with E-state index in [1.165, 1.54) is 19.3 Å². The molecule has 1 aromatic carbocycles. The highest BCUT2D eigenvalue weighted by Gasteiger charge is 2.45. The van der Waals surface area contributed by atoms with E-state index in [1.54, 1.807) is 0 Å². The van der Waals surface area contributed by atoms with Crippen LogP contribution in [0.15, 0.2) is 42.6 Å². The number of hydrogen-bond donors (Lipinski definition) is 1. The van der Waals surface area contributed by atoms with E-state index in [0.29, 0.717) is 18.5 Å². The van der Waals surface area contributed by atoms with Gasteiger partial charge >= 0.3 is 5.97 Å². The Balaban J connectivity index is 1.55. The smallest absolute Gasteiger partial charge is 0.320 e. The lowest BCUT2D eigenvalue weighted by atomic mass is 9.85. The first-order valence-corrected chi connectivity index (χ1v) is 8.81. The standard InChI is InChI=1S/C19H23N3O2/c23-19(24)18-12-14-6-4-5-9-17(14)21(18)13-15-10-11-22(20-15)16-7-2-1-3-8-16/h1-3,7-8,10-11,14,17-18H,4-6,9,12-13H2,(H,23,24)/t14-,17-,18+/m1/s1. The molecule has 0 bridgehead atoms. The average molecular weight is 325 g/mol. The molecule has 24 heavy (non-hydrogen) atoms. The molecule has 1 saturated heterocycles. The number of aromatic nitrogens is 2. The molecule has 3 atom stereocenters. The van der Waals surface area contributed by atoms with E-state index in [2.05, 4.69) is 10.00 Å². The zero-order chi connectivity index (χ0) is 16.5. The fourth-order valence-corrected chi connectivity index (χ4v) is 4.38. The van der Waals surface area contributed by atoms with Gasteiger partial charge in [-0.05, 0) is 43.4 Å². The number of rotatable bonds is 4. The first-order valence-electron chi connectivity index (χ1n) is 8.81. The number of fused-ring (bicyclic) bond motifs is 1. The molecule has 0 spiro atoms. The molecule has 1 saturated carbocycles. The summed E-state index contributed by atoms with van der Waals surface area (Å²) in [5.41, 5.74) is 1.96. The molecule has 2 fully saturated rings. The summed E-state index contributed by atoms with van der Waals surface area (Å²) >= 11 is 0. The van der Waals surface area contributed by atoms with Crippen molar-refractivity contribution in [1.29, 1.82) is 0 Å². The number of carbonyl (C=O) groups is 1. The number of para-hydroxylation sites is 1. The number of aliphatic carboxylic acids is 1. The highest BCUT2D eigenvalue weighted by Crippen LogP contribution is 2.40. The summed E-state index contributed by atoms with van der Waals surface area (Å²) in [6.07, 6.45) is 7.48. The second kappa shape index (κ2) is 6.40. The van der Waals surface area contributed by atoms with Crippen LogP contribution in [0.1, 0.15) is 37.8 Å². The Morgan fingerprint density at radius 1 is 1.17 bits per heavy atom. The van der Waals surface area contributed by atoms with Gasteiger partial charge in [-0.25, -0.2) is 4.68 Å². The molecule has 0 unspecified atom stereocenters. The van der Waals surface area contributed by atoms with E-state index >= 15 is 0 Å². The van der Waals surface area contributed by atoms with Crippen LogP contribution < -0.4 is 0 Å². The second-order valence-electron chi connectivity index (χ2n) is 6.96. The number of benzene rings is 1. The van der Waals surface area contributed by atoms with Gasteiger partial charge in [0.1, 0.15) is 6.04 Å². The van der Waals surface area contributed by atoms with E-state index in [0.717, 1.165) is 24.2 Å². The van der Waals surface area contributed by atoms with Gasteiger partial charge in [0.15, 0.2) is 0 Å². The number of carboxylic acid groups (broad SMARTS) is 1. The fourth-order valence-electron chi connectivity index (χ4n) is 4.38. The van der Waals surface area contributed by atoms with Crippen LogP contribution in [0.2, 0.25) is 0 Å². The quantitative estimate of drug-likeness (QED) is 0.938. The zero-order valence-electron chi connectivity index (χ0n) is 13.7. The fraction of sp³-hybridized carbons (Fsp3) is 0.474. The topological polar surface area (TPSA) is 58.4 Å². The summed E-state index contributed by atoms with van der Waals surface area (Å²) in [6.45, 7) is 0.623. The van der Waals surface area contributed by atoms with E-state index in [-0.39, 0.29) is 6.04 Å². The van der Waals surface area contributed by atoms with Crippen molar-refractivity contribution in [2.75, 3.05) is 0 Å². The molecule has 2 aromatic rings. The van der Waals surface area contributed by atoms with Crippen LogP contribution in [0.25, 0.3) is 5.69 Å². The first kappa shape index (κ1) is 15.4. The summed E-state index contributed by atoms with van der Waals surface area (Å²) in [6, 6.07) is 12.0. The van der Waals surface area contributed by atoms with Crippen molar-refractivity contribution in [2.24, 2.45) is 5.92 Å². The lowest BCUT2D eigenvalue weighted by Crippen LogP contribution is -2.41. The summed E-state index contributed by atoms with van der Waals surface area (Å²) in [7, 11) is 0. The molecule has 1 aliphatic heterocycles. The Morgan fingerprint density at radius 2 is 1.96 bits per heavy atom. The van der Waals surface area contributed by atoms with Crippen LogP contribution in [0.4, 0.5) is 0 Å². The Kier molecular flexibility index (Phi) is 4.10. The third kappa shape index (κ3) is 2.84. The molecule has 2 aliphatic rings. The monoisotopic (exact) mass is 325 g/mol. The largest absolute Gasteiger partial charge is 0.480 e. The molecule has 5 heteroatoms. The lowest BCUT2D eigenvalue weighted by Gasteiger charge is -2.32. The van der Waals surface area contributed by atoms with Gasteiger partial charge in [-0.3, -0.25) is 9.69 Å². The number of likely N-dealkylation sites (tertiary alicyclic amines) is 1. The molecule has 0 amide bonds. The predicted molar refractivity (Wildman–Crippen MR) is 90.9 cm³/mol. The minimum atomic E-state index is -0.688. The van der Waals surface area contributed by atoms with Gasteiger partial charge in [-0.1, -0.05) is 31.0 Å². The van der Waals surface area contributed by atoms with E-state index in [9.17, 15) is 9.90 Å². The summed E-state index contributed by atoms with van der Waals surface area (Å²) < 4.78 is 1.86. The minimum absolute atomic E-state index is 0.361. The molecule has 5 nitrogen and oxygen atoms in total. The van der Waals surface area contributed by atoms with Crippen LogP contribution in [-0.2, 0) is 11.3 Å². The van der Waals surface area contributed by atoms with Crippen molar-refractivity contribution in [3.63, 3.8) is 0 Å². The van der Waals surface area contributed by atoms with Gasteiger partial charge in [0.05, 0.1) is 11.4 Å². The molecule has 1 aliphatic carbocycles. The maximum absolute atomic E-state index is 11.7. The van der Waals surface area contributed by atoms with E-state index in [4.69, 9.17) is 0 Å². The summed E-state index contributed by atoms with van der Waals surface area (Å²) in [5, 5.41) is 14.3. The Bertz CT molecular complexity index is 712. The molecular weight excluding hydrogens is 302 g/mol. The highest BCUT2D eigenvalue weighted by atomic mass is 16.4. The van der Waals surface area contributed by atoms with Crippen LogP contribution in [0.5, 0.6) is 0 Å². The first-order chi connectivity index (χ1) is 11.7. The molecule has 1 N–H and O–H groups in total. The summed E-state index contributed by atoms with van der Waals surface area (Å²) in [5.74, 6) is -0.150. The molecule has 1 aromatic heterocycles. The van der Waals surface area contributed by atoms with Crippen molar-refractivity contribution in [2.45, 2.75) is 50.7 Å². The SMILES string of the molecule is O=C(O)[C@@H]1C[C@H]2CCCC[C@H]2N1Cc1ccn(-c2ccccc2)n1. The van der Waals surface area contributed by atoms with Gasteiger partial charge in [-0.2, -0.15) is 5.10 Å². The average Bonchev–Trinajstić information content (AvgIpc) is 3.21. The van der Waals surface area contributed by atoms with Crippen molar-refractivity contribution >= 4 is 5.97 Å². The Labute approximate surface area is 141 Å². The van der Waals surface area contributed by atoms with Crippen LogP contribution in [0.3, 0.4) is 0 Å². The predicted octanol–water partition coefficient (Wildman–Crippen LogP) is 3.09. The highest BCUT2D eigenvalue weighted by molar-refractivity contribution is 5.74. The van der Waals surface area contributed by atoms with Gasteiger partial charge in [0.2, 0.25) is 0 Å². The molecule has 4 rings (SSSR count). The Morgan fingerprint density at radius 3 is 2.75 bits per heavy atom. The zero-order valence-corrected chi connectivity index (χ0v) is 13.7. The number of carboxylic acids is 1. The van der Waals surface area contributed by atoms with Crippen LogP contribution in [-0.4, -0.2) is 37.8 Å². The normalized spacial score (nSPS) is 27.1. The van der Waals surface area contributed by atoms with Crippen molar-refractivity contribution in [3.05, 3.63) is 48.3 Å². The Hall–Kier alpha value is -2.14. The van der Waals surface area contributed by atoms with Crippen molar-refractivity contribution in [1.82, 2.24) is 14.7 Å². The van der Waals surface area contributed by atoms with Gasteiger partial charge < -0.3 is 5.11 Å². The molecule has 0 radical (unpaired) electrons. The lowest BCUT2D eigenvalue weighted by molar-refractivity contribution is -0.142. The van der Waals surface area contributed by atoms with Gasteiger partial charge in [0.25, 0.3) is 0 Å². The minimum Gasteiger partial charge on any atom is -0.480 e. The van der Waals surface area contributed by atoms with Gasteiger partial charge in [-0.15, -0.1) is 0 Å². The third-order valence-electron chi connectivity index (χ3n) is 5.52. The van der Waals surface area contributed by atoms with Crippen molar-refractivity contribution in [3.8, 4) is 5.69 Å². The maximum Gasteiger partial charge on any atom is 0.320 e. The van der Waals surface area contributed by atoms with Gasteiger partial charge in [0, 0.05) is 18.8 Å². The van der Waals surface area contributed by atoms with Crippen LogP contribution >= 0.6 is 0 Å². The maximum atomic E-state index is 11.7. The summed E-state index contributed by atoms with van der Waals surface area (Å²) in [4.78, 5) is 13.9. The number of hydrogen-bond acceptors (Lipinski definition) is 3. The van der Waals surface area contributed by atoms with Crippen molar-refractivity contribution < 1.29 is 9.90 Å². The second-order valence-corrected chi connectivity index (χ2v) is 6.96. The van der Waals surface area contributed by atoms with E-state index in [1.807, 2.05) is 47.3 Å². The third-order valence-corrected chi connectivity index (χ3v) is 5.52. The number of nitrogens with zero attached hydrogens (tertiary/aromatic N) is 3. The molecular formula is C19H23N3O2. The van der Waals surface area contributed by atoms with Crippen LogP contribution in [0, 0.1) is 5.92 Å². The van der Waals surface area contributed by atoms with E-state index < -0.39 is 5.97 Å². The molecule has 2 heterocycles. The molecule has 126 valence electrons.